The standard InChI is InChI=1S/C13H12N4O3S/c14-12(17-18)9-3-4-15-13(16-9)21-8-1-2-10-11(7-8)20-6-5-19-10/h1-4,7,18H,5-6H2,(H2,14,17). The highest BCUT2D eigenvalue weighted by Gasteiger charge is 2.13. The van der Waals surface area contributed by atoms with Gasteiger partial charge in [0.2, 0.25) is 0 Å². The molecule has 1 aromatic heterocycles. The van der Waals surface area contributed by atoms with Gasteiger partial charge in [-0.05, 0) is 36.0 Å². The van der Waals surface area contributed by atoms with Gasteiger partial charge in [0, 0.05) is 11.1 Å². The molecule has 1 aromatic carbocycles. The number of ether oxygens (including phenoxy) is 2. The van der Waals surface area contributed by atoms with Crippen LogP contribution in [0.4, 0.5) is 0 Å². The zero-order valence-corrected chi connectivity index (χ0v) is 11.7. The van der Waals surface area contributed by atoms with Gasteiger partial charge in [0.25, 0.3) is 0 Å². The Bertz CT molecular complexity index is 693. The minimum absolute atomic E-state index is 0.0542. The van der Waals surface area contributed by atoms with Crippen molar-refractivity contribution in [3.8, 4) is 11.5 Å². The molecule has 7 nitrogen and oxygen atoms in total. The van der Waals surface area contributed by atoms with Crippen LogP contribution < -0.4 is 15.2 Å². The Labute approximate surface area is 124 Å². The predicted molar refractivity (Wildman–Crippen MR) is 76.1 cm³/mol. The van der Waals surface area contributed by atoms with E-state index in [2.05, 4.69) is 15.1 Å². The van der Waals surface area contributed by atoms with Crippen LogP contribution in [0, 0.1) is 0 Å². The number of oxime groups is 1. The van der Waals surface area contributed by atoms with Crippen molar-refractivity contribution in [2.45, 2.75) is 10.1 Å². The maximum Gasteiger partial charge on any atom is 0.193 e. The summed E-state index contributed by atoms with van der Waals surface area (Å²) in [5, 5.41) is 12.1. The fraction of sp³-hybridized carbons (Fsp3) is 0.154. The number of nitrogens with two attached hydrogens (primary N) is 1. The van der Waals surface area contributed by atoms with Crippen LogP contribution >= 0.6 is 11.8 Å². The Morgan fingerprint density at radius 2 is 2.05 bits per heavy atom. The molecule has 108 valence electrons. The Morgan fingerprint density at radius 3 is 2.86 bits per heavy atom. The van der Waals surface area contributed by atoms with Gasteiger partial charge in [-0.15, -0.1) is 0 Å². The first-order chi connectivity index (χ1) is 10.3. The van der Waals surface area contributed by atoms with Gasteiger partial charge in [-0.2, -0.15) is 0 Å². The van der Waals surface area contributed by atoms with Gasteiger partial charge in [0.05, 0.1) is 0 Å². The highest BCUT2D eigenvalue weighted by atomic mass is 32.2. The number of hydrogen-bond acceptors (Lipinski definition) is 7. The molecule has 1 aliphatic rings. The first-order valence-corrected chi connectivity index (χ1v) is 6.96. The minimum atomic E-state index is -0.0542. The number of rotatable bonds is 3. The van der Waals surface area contributed by atoms with Crippen LogP contribution in [0.15, 0.2) is 45.7 Å². The van der Waals surface area contributed by atoms with Crippen LogP contribution in [0.1, 0.15) is 5.69 Å². The lowest BCUT2D eigenvalue weighted by Crippen LogP contribution is -2.15. The molecule has 0 amide bonds. The van der Waals surface area contributed by atoms with Crippen LogP contribution in [-0.2, 0) is 0 Å². The molecule has 3 N–H and O–H groups in total. The lowest BCUT2D eigenvalue weighted by molar-refractivity contribution is 0.171. The smallest absolute Gasteiger partial charge is 0.193 e. The summed E-state index contributed by atoms with van der Waals surface area (Å²) < 4.78 is 11.0. The van der Waals surface area contributed by atoms with Crippen molar-refractivity contribution in [1.29, 1.82) is 0 Å². The number of benzene rings is 1. The summed E-state index contributed by atoms with van der Waals surface area (Å²) in [5.74, 6) is 1.39. The Balaban J connectivity index is 1.83. The van der Waals surface area contributed by atoms with Crippen molar-refractivity contribution in [3.63, 3.8) is 0 Å². The van der Waals surface area contributed by atoms with Gasteiger partial charge in [-0.1, -0.05) is 5.16 Å². The van der Waals surface area contributed by atoms with Crippen molar-refractivity contribution in [2.24, 2.45) is 10.9 Å². The van der Waals surface area contributed by atoms with Crippen molar-refractivity contribution >= 4 is 17.6 Å². The molecule has 0 atom stereocenters. The van der Waals surface area contributed by atoms with E-state index in [1.54, 1.807) is 12.3 Å². The summed E-state index contributed by atoms with van der Waals surface area (Å²) in [6.07, 6.45) is 1.56. The third-order valence-corrected chi connectivity index (χ3v) is 3.60. The maximum atomic E-state index is 8.67. The number of hydrogen-bond donors (Lipinski definition) is 2. The largest absolute Gasteiger partial charge is 0.486 e. The molecule has 2 heterocycles. The molecular formula is C13H12N4O3S. The van der Waals surface area contributed by atoms with Crippen LogP contribution in [0.3, 0.4) is 0 Å². The fourth-order valence-electron chi connectivity index (χ4n) is 1.78. The summed E-state index contributed by atoms with van der Waals surface area (Å²) >= 11 is 1.35. The fourth-order valence-corrected chi connectivity index (χ4v) is 2.55. The minimum Gasteiger partial charge on any atom is -0.486 e. The third-order valence-electron chi connectivity index (χ3n) is 2.73. The second-order valence-electron chi connectivity index (χ2n) is 4.12. The van der Waals surface area contributed by atoms with Crippen molar-refractivity contribution < 1.29 is 14.7 Å². The molecule has 0 fully saturated rings. The van der Waals surface area contributed by atoms with E-state index in [1.807, 2.05) is 18.2 Å². The lowest BCUT2D eigenvalue weighted by atomic mass is 10.3. The summed E-state index contributed by atoms with van der Waals surface area (Å²) in [7, 11) is 0. The number of nitrogens with zero attached hydrogens (tertiary/aromatic N) is 3. The molecule has 0 spiro atoms. The first-order valence-electron chi connectivity index (χ1n) is 6.15. The zero-order valence-electron chi connectivity index (χ0n) is 10.9. The average Bonchev–Trinajstić information content (AvgIpc) is 2.54. The van der Waals surface area contributed by atoms with Gasteiger partial charge in [0.15, 0.2) is 22.5 Å². The van der Waals surface area contributed by atoms with Gasteiger partial charge in [-0.3, -0.25) is 0 Å². The molecule has 21 heavy (non-hydrogen) atoms. The molecular weight excluding hydrogens is 292 g/mol. The molecule has 8 heteroatoms. The zero-order chi connectivity index (χ0) is 14.7. The van der Waals surface area contributed by atoms with E-state index in [9.17, 15) is 0 Å². The van der Waals surface area contributed by atoms with Gasteiger partial charge in [-0.25, -0.2) is 9.97 Å². The van der Waals surface area contributed by atoms with Crippen molar-refractivity contribution in [2.75, 3.05) is 13.2 Å². The molecule has 0 saturated heterocycles. The predicted octanol–water partition coefficient (Wildman–Crippen LogP) is 1.49. The Morgan fingerprint density at radius 1 is 1.24 bits per heavy atom. The quantitative estimate of drug-likeness (QED) is 0.291. The number of amidine groups is 1. The van der Waals surface area contributed by atoms with E-state index in [1.165, 1.54) is 11.8 Å². The van der Waals surface area contributed by atoms with Crippen LogP contribution in [0.5, 0.6) is 11.5 Å². The van der Waals surface area contributed by atoms with E-state index < -0.39 is 0 Å². The highest BCUT2D eigenvalue weighted by Crippen LogP contribution is 2.35. The van der Waals surface area contributed by atoms with Gasteiger partial charge >= 0.3 is 0 Å². The van der Waals surface area contributed by atoms with Crippen molar-refractivity contribution in [1.82, 2.24) is 9.97 Å². The second kappa shape index (κ2) is 5.88. The molecule has 0 radical (unpaired) electrons. The molecule has 2 aromatic rings. The summed E-state index contributed by atoms with van der Waals surface area (Å²) in [6.45, 7) is 1.10. The molecule has 3 rings (SSSR count). The summed E-state index contributed by atoms with van der Waals surface area (Å²) in [6, 6.07) is 7.20. The van der Waals surface area contributed by atoms with Crippen molar-refractivity contribution in [3.05, 3.63) is 36.2 Å². The van der Waals surface area contributed by atoms with E-state index in [0.29, 0.717) is 29.8 Å². The van der Waals surface area contributed by atoms with Crippen LogP contribution in [0.25, 0.3) is 0 Å². The van der Waals surface area contributed by atoms with E-state index in [0.717, 1.165) is 10.6 Å². The third kappa shape index (κ3) is 3.00. The van der Waals surface area contributed by atoms with Gasteiger partial charge in [0.1, 0.15) is 18.9 Å². The normalized spacial score (nSPS) is 14.0. The molecule has 0 aliphatic carbocycles. The molecule has 1 aliphatic heterocycles. The Hall–Kier alpha value is -2.48. The molecule has 0 saturated carbocycles. The lowest BCUT2D eigenvalue weighted by Gasteiger charge is -2.18. The number of aromatic nitrogens is 2. The van der Waals surface area contributed by atoms with E-state index in [-0.39, 0.29) is 5.84 Å². The topological polar surface area (TPSA) is 103 Å². The number of fused-ring (bicyclic) bond motifs is 1. The maximum absolute atomic E-state index is 8.67. The summed E-state index contributed by atoms with van der Waals surface area (Å²) in [5.41, 5.74) is 5.88. The second-order valence-corrected chi connectivity index (χ2v) is 5.16. The first kappa shape index (κ1) is 13.5. The highest BCUT2D eigenvalue weighted by molar-refractivity contribution is 7.99. The monoisotopic (exact) mass is 304 g/mol. The Kier molecular flexibility index (Phi) is 3.78. The average molecular weight is 304 g/mol. The van der Waals surface area contributed by atoms with E-state index >= 15 is 0 Å². The van der Waals surface area contributed by atoms with Gasteiger partial charge < -0.3 is 20.4 Å². The van der Waals surface area contributed by atoms with Crippen LogP contribution in [0.2, 0.25) is 0 Å². The summed E-state index contributed by atoms with van der Waals surface area (Å²) in [4.78, 5) is 9.28. The molecule has 0 unspecified atom stereocenters. The van der Waals surface area contributed by atoms with E-state index in [4.69, 9.17) is 20.4 Å². The van der Waals surface area contributed by atoms with Crippen LogP contribution in [-0.4, -0.2) is 34.2 Å². The molecule has 0 bridgehead atoms. The SMILES string of the molecule is N/C(=N/O)c1ccnc(Sc2ccc3c(c2)OCCO3)n1.